The molecule has 0 spiro atoms. The summed E-state index contributed by atoms with van der Waals surface area (Å²) in [5.74, 6) is -1.57. The van der Waals surface area contributed by atoms with E-state index in [1.165, 1.54) is 0 Å². The zero-order valence-corrected chi connectivity index (χ0v) is 17.1. The quantitative estimate of drug-likeness (QED) is 0.609. The van der Waals surface area contributed by atoms with Crippen molar-refractivity contribution in [3.8, 4) is 0 Å². The van der Waals surface area contributed by atoms with Crippen molar-refractivity contribution in [1.82, 2.24) is 10.6 Å². The molecule has 3 N–H and O–H groups in total. The number of aliphatic hydroxyl groups excluding tert-OH is 1. The first-order valence-corrected chi connectivity index (χ1v) is 9.93. The predicted octanol–water partition coefficient (Wildman–Crippen LogP) is 4.13. The van der Waals surface area contributed by atoms with Gasteiger partial charge in [-0.2, -0.15) is 13.2 Å². The molecular weight excluding hydrogens is 388 g/mol. The molecule has 29 heavy (non-hydrogen) atoms. The van der Waals surface area contributed by atoms with Crippen LogP contribution in [0, 0.1) is 17.2 Å². The van der Waals surface area contributed by atoms with Gasteiger partial charge in [0.2, 0.25) is 0 Å². The van der Waals surface area contributed by atoms with Gasteiger partial charge in [0, 0.05) is 24.7 Å². The fourth-order valence-electron chi connectivity index (χ4n) is 3.38. The van der Waals surface area contributed by atoms with Crippen molar-refractivity contribution in [2.45, 2.75) is 64.8 Å². The molecule has 0 saturated heterocycles. The first kappa shape index (κ1) is 23.6. The smallest absolute Gasteiger partial charge is 0.391 e. The van der Waals surface area contributed by atoms with E-state index in [2.05, 4.69) is 10.6 Å². The molecule has 1 fully saturated rings. The summed E-state index contributed by atoms with van der Waals surface area (Å²) in [6.45, 7) is 6.81. The molecule has 0 heterocycles. The lowest BCUT2D eigenvalue weighted by Crippen LogP contribution is -2.43. The fourth-order valence-corrected chi connectivity index (χ4v) is 3.38. The van der Waals surface area contributed by atoms with E-state index in [-0.39, 0.29) is 16.9 Å². The average molecular weight is 418 g/mol. The van der Waals surface area contributed by atoms with E-state index < -0.39 is 29.6 Å². The number of rotatable bonds is 6. The molecule has 1 amide bonds. The maximum atomic E-state index is 13.5. The lowest BCUT2D eigenvalue weighted by Gasteiger charge is -2.32. The number of amides is 1. The Balaban J connectivity index is 1.79. The fraction of sp³-hybridized carbons (Fsp3) is 0.667. The Morgan fingerprint density at radius 3 is 2.31 bits per heavy atom. The number of hydrogen-bond donors (Lipinski definition) is 3. The second-order valence-electron chi connectivity index (χ2n) is 8.94. The van der Waals surface area contributed by atoms with Gasteiger partial charge in [0.15, 0.2) is 0 Å². The summed E-state index contributed by atoms with van der Waals surface area (Å²) in [6.07, 6.45) is -1.62. The number of carbonyl (C=O) groups is 1. The molecule has 2 rings (SSSR count). The molecule has 1 aliphatic carbocycles. The highest BCUT2D eigenvalue weighted by Crippen LogP contribution is 2.30. The van der Waals surface area contributed by atoms with Crippen LogP contribution in [0.25, 0.3) is 0 Å². The number of nitrogens with one attached hydrogen (secondary N) is 2. The lowest BCUT2D eigenvalue weighted by molar-refractivity contribution is -0.137. The molecule has 1 aliphatic rings. The van der Waals surface area contributed by atoms with Gasteiger partial charge in [0.25, 0.3) is 5.91 Å². The van der Waals surface area contributed by atoms with Crippen LogP contribution in [0.4, 0.5) is 17.6 Å². The van der Waals surface area contributed by atoms with Gasteiger partial charge in [-0.05, 0) is 55.2 Å². The minimum Gasteiger partial charge on any atom is -0.391 e. The maximum Gasteiger partial charge on any atom is 0.416 e. The van der Waals surface area contributed by atoms with Gasteiger partial charge < -0.3 is 15.7 Å². The summed E-state index contributed by atoms with van der Waals surface area (Å²) in [5, 5.41) is 16.1. The predicted molar refractivity (Wildman–Crippen MR) is 103 cm³/mol. The van der Waals surface area contributed by atoms with Crippen molar-refractivity contribution in [1.29, 1.82) is 0 Å². The van der Waals surface area contributed by atoms with Gasteiger partial charge in [-0.25, -0.2) is 4.39 Å². The van der Waals surface area contributed by atoms with Gasteiger partial charge >= 0.3 is 6.18 Å². The van der Waals surface area contributed by atoms with Crippen molar-refractivity contribution >= 4 is 5.91 Å². The zero-order valence-electron chi connectivity index (χ0n) is 17.1. The zero-order chi connectivity index (χ0) is 21.8. The molecule has 4 nitrogen and oxygen atoms in total. The van der Waals surface area contributed by atoms with Crippen molar-refractivity contribution < 1.29 is 27.5 Å². The topological polar surface area (TPSA) is 61.4 Å². The van der Waals surface area contributed by atoms with E-state index in [1.807, 2.05) is 20.8 Å². The normalized spacial score (nSPS) is 21.7. The van der Waals surface area contributed by atoms with Crippen LogP contribution in [0.2, 0.25) is 0 Å². The first-order valence-electron chi connectivity index (χ1n) is 9.93. The number of hydrogen-bond acceptors (Lipinski definition) is 3. The van der Waals surface area contributed by atoms with Crippen molar-refractivity contribution in [3.63, 3.8) is 0 Å². The van der Waals surface area contributed by atoms with Gasteiger partial charge in [0.1, 0.15) is 5.82 Å². The van der Waals surface area contributed by atoms with Gasteiger partial charge in [-0.15, -0.1) is 0 Å². The number of halogens is 4. The SMILES string of the molecule is CC(C)(C)C(O)CN[C@H]1CC[C@@H](CNC(=O)c2cc(F)cc(C(F)(F)F)c2)CC1. The van der Waals surface area contributed by atoms with Crippen molar-refractivity contribution in [3.05, 3.63) is 35.1 Å². The standard InChI is InChI=1S/C21H30F4N2O2/c1-20(2,3)18(28)12-26-17-6-4-13(5-7-17)11-27-19(29)14-8-15(21(23,24)25)10-16(22)9-14/h8-10,13,17-18,26,28H,4-7,11-12H2,1-3H3,(H,27,29)/t13-,17+,18?. The number of carbonyl (C=O) groups excluding carboxylic acids is 1. The molecule has 0 aliphatic heterocycles. The largest absolute Gasteiger partial charge is 0.416 e. The Morgan fingerprint density at radius 2 is 1.76 bits per heavy atom. The van der Waals surface area contributed by atoms with Crippen molar-refractivity contribution in [2.75, 3.05) is 13.1 Å². The molecule has 0 radical (unpaired) electrons. The number of aliphatic hydroxyl groups is 1. The summed E-state index contributed by atoms with van der Waals surface area (Å²) < 4.78 is 51.8. The second-order valence-corrected chi connectivity index (χ2v) is 8.94. The molecular formula is C21H30F4N2O2. The average Bonchev–Trinajstić information content (AvgIpc) is 2.63. The maximum absolute atomic E-state index is 13.5. The summed E-state index contributed by atoms with van der Waals surface area (Å²) in [7, 11) is 0. The highest BCUT2D eigenvalue weighted by Gasteiger charge is 2.32. The third kappa shape index (κ3) is 7.26. The van der Waals surface area contributed by atoms with Crippen LogP contribution in [-0.4, -0.2) is 36.2 Å². The lowest BCUT2D eigenvalue weighted by atomic mass is 9.85. The monoisotopic (exact) mass is 418 g/mol. The molecule has 0 bridgehead atoms. The van der Waals surface area contributed by atoms with Crippen LogP contribution in [0.5, 0.6) is 0 Å². The van der Waals surface area contributed by atoms with E-state index in [1.54, 1.807) is 0 Å². The molecule has 1 unspecified atom stereocenters. The molecule has 1 saturated carbocycles. The van der Waals surface area contributed by atoms with Gasteiger partial charge in [0.05, 0.1) is 11.7 Å². The number of benzene rings is 1. The minimum atomic E-state index is -4.71. The highest BCUT2D eigenvalue weighted by atomic mass is 19.4. The van der Waals surface area contributed by atoms with E-state index in [9.17, 15) is 27.5 Å². The molecule has 1 atom stereocenters. The summed E-state index contributed by atoms with van der Waals surface area (Å²) in [5.41, 5.74) is -1.69. The molecule has 0 aromatic heterocycles. The van der Waals surface area contributed by atoms with Crippen LogP contribution in [-0.2, 0) is 6.18 Å². The van der Waals surface area contributed by atoms with E-state index in [0.717, 1.165) is 31.7 Å². The molecule has 1 aromatic rings. The third-order valence-electron chi connectivity index (χ3n) is 5.48. The Labute approximate surface area is 169 Å². The van der Waals surface area contributed by atoms with E-state index >= 15 is 0 Å². The minimum absolute atomic E-state index is 0.183. The van der Waals surface area contributed by atoms with Crippen LogP contribution in [0.15, 0.2) is 18.2 Å². The van der Waals surface area contributed by atoms with Crippen molar-refractivity contribution in [2.24, 2.45) is 11.3 Å². The molecule has 1 aromatic carbocycles. The Morgan fingerprint density at radius 1 is 1.14 bits per heavy atom. The third-order valence-corrected chi connectivity index (χ3v) is 5.48. The van der Waals surface area contributed by atoms with Crippen LogP contribution >= 0.6 is 0 Å². The summed E-state index contributed by atoms with van der Waals surface area (Å²) in [6, 6.07) is 2.16. The van der Waals surface area contributed by atoms with E-state index in [4.69, 9.17) is 0 Å². The Kier molecular flexibility index (Phi) is 7.67. The summed E-state index contributed by atoms with van der Waals surface area (Å²) >= 11 is 0. The molecule has 164 valence electrons. The molecule has 8 heteroatoms. The highest BCUT2D eigenvalue weighted by molar-refractivity contribution is 5.94. The van der Waals surface area contributed by atoms with Gasteiger partial charge in [-0.1, -0.05) is 20.8 Å². The van der Waals surface area contributed by atoms with Crippen LogP contribution < -0.4 is 10.6 Å². The van der Waals surface area contributed by atoms with Crippen LogP contribution in [0.3, 0.4) is 0 Å². The summed E-state index contributed by atoms with van der Waals surface area (Å²) in [4.78, 5) is 12.2. The second kappa shape index (κ2) is 9.43. The Bertz CT molecular complexity index is 693. The Hall–Kier alpha value is -1.67. The number of alkyl halides is 3. The van der Waals surface area contributed by atoms with E-state index in [0.29, 0.717) is 31.3 Å². The van der Waals surface area contributed by atoms with Gasteiger partial charge in [-0.3, -0.25) is 4.79 Å². The first-order chi connectivity index (χ1) is 13.4. The van der Waals surface area contributed by atoms with Crippen LogP contribution in [0.1, 0.15) is 62.4 Å².